The highest BCUT2D eigenvalue weighted by Gasteiger charge is 2.32. The lowest BCUT2D eigenvalue weighted by Gasteiger charge is -2.31. The molecule has 0 aromatic heterocycles. The summed E-state index contributed by atoms with van der Waals surface area (Å²) in [4.78, 5) is 28.7. The Kier molecular flexibility index (Phi) is 6.96. The highest BCUT2D eigenvalue weighted by molar-refractivity contribution is 7.88. The van der Waals surface area contributed by atoms with Gasteiger partial charge in [0, 0.05) is 32.1 Å². The van der Waals surface area contributed by atoms with Gasteiger partial charge in [-0.25, -0.2) is 12.7 Å². The third-order valence-electron chi connectivity index (χ3n) is 5.77. The van der Waals surface area contributed by atoms with E-state index in [1.807, 2.05) is 41.3 Å². The van der Waals surface area contributed by atoms with Gasteiger partial charge in [0.25, 0.3) is 0 Å². The summed E-state index contributed by atoms with van der Waals surface area (Å²) < 4.78 is 31.9. The Labute approximate surface area is 194 Å². The molecule has 33 heavy (non-hydrogen) atoms. The van der Waals surface area contributed by atoms with E-state index in [9.17, 15) is 18.0 Å². The average molecular weight is 473 g/mol. The lowest BCUT2D eigenvalue weighted by molar-refractivity contribution is -0.122. The molecule has 1 N–H and O–H groups in total. The minimum Gasteiger partial charge on any atom is -0.493 e. The number of para-hydroxylation sites is 3. The maximum Gasteiger partial charge on any atom is 0.244 e. The second-order valence-corrected chi connectivity index (χ2v) is 10.4. The van der Waals surface area contributed by atoms with Crippen LogP contribution in [0.4, 0.5) is 11.4 Å². The molecule has 2 aliphatic heterocycles. The Morgan fingerprint density at radius 1 is 1.06 bits per heavy atom. The van der Waals surface area contributed by atoms with E-state index in [4.69, 9.17) is 4.74 Å². The van der Waals surface area contributed by atoms with Crippen LogP contribution in [-0.4, -0.2) is 81.6 Å². The van der Waals surface area contributed by atoms with Gasteiger partial charge in [-0.15, -0.1) is 0 Å². The smallest absolute Gasteiger partial charge is 0.244 e. The molecule has 10 heteroatoms. The summed E-state index contributed by atoms with van der Waals surface area (Å²) in [5.74, 6) is 0.154. The van der Waals surface area contributed by atoms with Crippen LogP contribution in [0.3, 0.4) is 0 Å². The van der Waals surface area contributed by atoms with Crippen LogP contribution in [0.15, 0.2) is 54.6 Å². The van der Waals surface area contributed by atoms with Gasteiger partial charge in [0.05, 0.1) is 30.8 Å². The summed E-state index contributed by atoms with van der Waals surface area (Å²) in [5.41, 5.74) is 1.27. The number of benzene rings is 2. The van der Waals surface area contributed by atoms with Gasteiger partial charge in [-0.3, -0.25) is 19.4 Å². The van der Waals surface area contributed by atoms with Gasteiger partial charge in [0.15, 0.2) is 0 Å². The molecular weight excluding hydrogens is 444 g/mol. The Morgan fingerprint density at radius 3 is 2.55 bits per heavy atom. The van der Waals surface area contributed by atoms with Crippen molar-refractivity contribution in [3.63, 3.8) is 0 Å². The molecule has 0 bridgehead atoms. The second kappa shape index (κ2) is 9.90. The number of nitrogens with one attached hydrogen (secondary N) is 1. The zero-order valence-corrected chi connectivity index (χ0v) is 19.3. The summed E-state index contributed by atoms with van der Waals surface area (Å²) in [6.45, 7) is 1.92. The molecule has 1 fully saturated rings. The SMILES string of the molecule is CS(=O)(=O)N1CCN(CC(=O)N2CC(=O)Nc3ccccc32)C[C@H](COc2ccccc2)C1. The number of ether oxygens (including phenoxy) is 1. The Bertz CT molecular complexity index is 1110. The molecule has 0 saturated carbocycles. The summed E-state index contributed by atoms with van der Waals surface area (Å²) in [6, 6.07) is 16.6. The predicted octanol–water partition coefficient (Wildman–Crippen LogP) is 1.24. The summed E-state index contributed by atoms with van der Waals surface area (Å²) in [7, 11) is -3.38. The average Bonchev–Trinajstić information content (AvgIpc) is 3.00. The monoisotopic (exact) mass is 472 g/mol. The molecule has 9 nitrogen and oxygen atoms in total. The van der Waals surface area contributed by atoms with Crippen molar-refractivity contribution in [3.05, 3.63) is 54.6 Å². The van der Waals surface area contributed by atoms with Crippen LogP contribution in [0.1, 0.15) is 0 Å². The maximum absolute atomic E-state index is 13.2. The van der Waals surface area contributed by atoms with Crippen LogP contribution in [0.5, 0.6) is 5.75 Å². The molecular formula is C23H28N4O5S. The maximum atomic E-state index is 13.2. The molecule has 2 aromatic rings. The second-order valence-electron chi connectivity index (χ2n) is 8.39. The highest BCUT2D eigenvalue weighted by atomic mass is 32.2. The summed E-state index contributed by atoms with van der Waals surface area (Å²) in [6.07, 6.45) is 1.20. The number of nitrogens with zero attached hydrogens (tertiary/aromatic N) is 3. The fraction of sp³-hybridized carbons (Fsp3) is 0.391. The van der Waals surface area contributed by atoms with Gasteiger partial charge in [-0.05, 0) is 24.3 Å². The lowest BCUT2D eigenvalue weighted by Crippen LogP contribution is -2.47. The van der Waals surface area contributed by atoms with E-state index in [1.165, 1.54) is 15.5 Å². The molecule has 176 valence electrons. The fourth-order valence-corrected chi connectivity index (χ4v) is 5.05. The van der Waals surface area contributed by atoms with Gasteiger partial charge in [-0.2, -0.15) is 0 Å². The molecule has 0 unspecified atom stereocenters. The van der Waals surface area contributed by atoms with Crippen LogP contribution >= 0.6 is 0 Å². The van der Waals surface area contributed by atoms with Crippen molar-refractivity contribution in [2.24, 2.45) is 5.92 Å². The van der Waals surface area contributed by atoms with E-state index >= 15 is 0 Å². The van der Waals surface area contributed by atoms with E-state index in [0.717, 1.165) is 0 Å². The van der Waals surface area contributed by atoms with E-state index < -0.39 is 10.0 Å². The zero-order chi connectivity index (χ0) is 23.4. The van der Waals surface area contributed by atoms with Gasteiger partial charge in [0.2, 0.25) is 21.8 Å². The lowest BCUT2D eigenvalue weighted by atomic mass is 10.1. The third kappa shape index (κ3) is 5.89. The van der Waals surface area contributed by atoms with Crippen molar-refractivity contribution in [3.8, 4) is 5.75 Å². The number of amides is 2. The van der Waals surface area contributed by atoms with Crippen molar-refractivity contribution in [2.45, 2.75) is 0 Å². The number of rotatable bonds is 6. The molecule has 2 heterocycles. The quantitative estimate of drug-likeness (QED) is 0.679. The van der Waals surface area contributed by atoms with Crippen molar-refractivity contribution >= 4 is 33.2 Å². The van der Waals surface area contributed by atoms with E-state index in [2.05, 4.69) is 5.32 Å². The summed E-state index contributed by atoms with van der Waals surface area (Å²) >= 11 is 0. The van der Waals surface area contributed by atoms with E-state index in [1.54, 1.807) is 18.2 Å². The van der Waals surface area contributed by atoms with E-state index in [0.29, 0.717) is 49.9 Å². The first-order valence-corrected chi connectivity index (χ1v) is 12.7. The number of carbonyl (C=O) groups is 2. The predicted molar refractivity (Wildman–Crippen MR) is 126 cm³/mol. The van der Waals surface area contributed by atoms with Crippen molar-refractivity contribution in [1.29, 1.82) is 0 Å². The number of hydrogen-bond donors (Lipinski definition) is 1. The largest absolute Gasteiger partial charge is 0.493 e. The highest BCUT2D eigenvalue weighted by Crippen LogP contribution is 2.29. The molecule has 2 aromatic carbocycles. The Morgan fingerprint density at radius 2 is 1.79 bits per heavy atom. The van der Waals surface area contributed by atoms with Crippen molar-refractivity contribution < 1.29 is 22.7 Å². The number of anilines is 2. The molecule has 2 amide bonds. The third-order valence-corrected chi connectivity index (χ3v) is 7.04. The van der Waals surface area contributed by atoms with Crippen molar-refractivity contribution in [2.75, 3.05) is 62.3 Å². The van der Waals surface area contributed by atoms with Crippen LogP contribution < -0.4 is 15.0 Å². The Balaban J connectivity index is 1.47. The molecule has 0 aliphatic carbocycles. The molecule has 4 rings (SSSR count). The molecule has 1 atom stereocenters. The number of sulfonamides is 1. The standard InChI is InChI=1S/C23H28N4O5S/c1-33(30,31)26-12-11-25(13-18(14-26)17-32-19-7-3-2-4-8-19)16-23(29)27-15-22(28)24-20-9-5-6-10-21(20)27/h2-10,18H,11-17H2,1H3,(H,24,28)/t18-/m0/s1. The zero-order valence-electron chi connectivity index (χ0n) is 18.5. The Hall–Kier alpha value is -2.95. The first kappa shape index (κ1) is 23.2. The number of fused-ring (bicyclic) bond motifs is 1. The number of carbonyl (C=O) groups excluding carboxylic acids is 2. The molecule has 0 spiro atoms. The topological polar surface area (TPSA) is 99.3 Å². The van der Waals surface area contributed by atoms with Gasteiger partial charge in [0.1, 0.15) is 12.3 Å². The molecule has 0 radical (unpaired) electrons. The van der Waals surface area contributed by atoms with Gasteiger partial charge < -0.3 is 10.1 Å². The van der Waals surface area contributed by atoms with Gasteiger partial charge >= 0.3 is 0 Å². The van der Waals surface area contributed by atoms with E-state index in [-0.39, 0.29) is 30.8 Å². The van der Waals surface area contributed by atoms with Crippen LogP contribution in [0, 0.1) is 5.92 Å². The minimum atomic E-state index is -3.38. The van der Waals surface area contributed by atoms with Crippen LogP contribution in [0.2, 0.25) is 0 Å². The first-order valence-electron chi connectivity index (χ1n) is 10.8. The molecule has 1 saturated heterocycles. The van der Waals surface area contributed by atoms with Gasteiger partial charge in [-0.1, -0.05) is 30.3 Å². The van der Waals surface area contributed by atoms with Crippen molar-refractivity contribution in [1.82, 2.24) is 9.21 Å². The summed E-state index contributed by atoms with van der Waals surface area (Å²) in [5, 5.41) is 2.78. The minimum absolute atomic E-state index is 0.0420. The fourth-order valence-electron chi connectivity index (χ4n) is 4.16. The normalized spacial score (nSPS) is 20.0. The number of hydrogen-bond acceptors (Lipinski definition) is 6. The van der Waals surface area contributed by atoms with Crippen LogP contribution in [-0.2, 0) is 19.6 Å². The molecule has 2 aliphatic rings. The first-order chi connectivity index (χ1) is 15.8. The van der Waals surface area contributed by atoms with Crippen LogP contribution in [0.25, 0.3) is 0 Å².